The molecule has 0 amide bonds. The molecule has 0 aromatic heterocycles. The predicted molar refractivity (Wildman–Crippen MR) is 37.5 cm³/mol. The molecule has 52 valence electrons. The van der Waals surface area contributed by atoms with Gasteiger partial charge in [-0.05, 0) is 12.8 Å². The van der Waals surface area contributed by atoms with Crippen LogP contribution in [0.15, 0.2) is 0 Å². The van der Waals surface area contributed by atoms with Gasteiger partial charge in [-0.2, -0.15) is 0 Å². The Morgan fingerprint density at radius 1 is 1.78 bits per heavy atom. The summed E-state index contributed by atoms with van der Waals surface area (Å²) in [5.41, 5.74) is 0. The molecule has 1 fully saturated rings. The molecule has 9 heavy (non-hydrogen) atoms. The zero-order chi connectivity index (χ0) is 6.69. The fraction of sp³-hybridized carbons (Fsp3) is 0.833. The molecule has 2 nitrogen and oxygen atoms in total. The lowest BCUT2D eigenvalue weighted by Crippen LogP contribution is -2.06. The molecule has 0 N–H and O–H groups in total. The molecular formula is C6H9BrO2. The Bertz CT molecular complexity index is 114. The highest BCUT2D eigenvalue weighted by Gasteiger charge is 2.21. The van der Waals surface area contributed by atoms with Crippen LogP contribution in [0.4, 0.5) is 0 Å². The van der Waals surface area contributed by atoms with Crippen LogP contribution in [0.25, 0.3) is 0 Å². The number of alkyl halides is 1. The minimum atomic E-state index is -0.0408. The van der Waals surface area contributed by atoms with Crippen molar-refractivity contribution in [1.82, 2.24) is 0 Å². The van der Waals surface area contributed by atoms with Gasteiger partial charge in [0.15, 0.2) is 0 Å². The van der Waals surface area contributed by atoms with Gasteiger partial charge in [0.25, 0.3) is 0 Å². The molecule has 1 saturated heterocycles. The van der Waals surface area contributed by atoms with Gasteiger partial charge in [-0.15, -0.1) is 0 Å². The van der Waals surface area contributed by atoms with Crippen molar-refractivity contribution in [1.29, 1.82) is 0 Å². The average molecular weight is 193 g/mol. The quantitative estimate of drug-likeness (QED) is 0.490. The number of rotatable bonds is 2. The summed E-state index contributed by atoms with van der Waals surface area (Å²) in [5.74, 6) is -0.0408. The van der Waals surface area contributed by atoms with E-state index in [1.165, 1.54) is 0 Å². The minimum absolute atomic E-state index is 0.0408. The first kappa shape index (κ1) is 7.06. The lowest BCUT2D eigenvalue weighted by Gasteiger charge is -2.04. The van der Waals surface area contributed by atoms with Gasteiger partial charge in [-0.3, -0.25) is 4.79 Å². The zero-order valence-corrected chi connectivity index (χ0v) is 6.69. The topological polar surface area (TPSA) is 26.3 Å². The van der Waals surface area contributed by atoms with E-state index >= 15 is 0 Å². The monoisotopic (exact) mass is 192 g/mol. The van der Waals surface area contributed by atoms with Crippen molar-refractivity contribution in [2.45, 2.75) is 25.4 Å². The SMILES string of the molecule is O=C1CC[C@@H](CCBr)O1. The molecule has 0 aromatic rings. The maximum Gasteiger partial charge on any atom is 0.306 e. The second kappa shape index (κ2) is 3.20. The first-order chi connectivity index (χ1) is 4.33. The first-order valence-electron chi connectivity index (χ1n) is 3.08. The fourth-order valence-corrected chi connectivity index (χ4v) is 1.42. The van der Waals surface area contributed by atoms with E-state index in [4.69, 9.17) is 4.74 Å². The molecule has 3 heteroatoms. The maximum absolute atomic E-state index is 10.5. The van der Waals surface area contributed by atoms with Gasteiger partial charge in [-0.1, -0.05) is 15.9 Å². The number of carbonyl (C=O) groups excluding carboxylic acids is 1. The highest BCUT2D eigenvalue weighted by Crippen LogP contribution is 2.16. The van der Waals surface area contributed by atoms with E-state index in [9.17, 15) is 4.79 Å². The van der Waals surface area contributed by atoms with Gasteiger partial charge in [0.1, 0.15) is 6.10 Å². The summed E-state index contributed by atoms with van der Waals surface area (Å²) in [6.07, 6.45) is 2.66. The molecule has 1 heterocycles. The van der Waals surface area contributed by atoms with Crippen LogP contribution in [-0.2, 0) is 9.53 Å². The summed E-state index contributed by atoms with van der Waals surface area (Å²) in [7, 11) is 0. The molecule has 1 aliphatic heterocycles. The van der Waals surface area contributed by atoms with E-state index in [1.807, 2.05) is 0 Å². The number of carbonyl (C=O) groups is 1. The molecule has 1 aliphatic rings. The van der Waals surface area contributed by atoms with Crippen molar-refractivity contribution in [2.24, 2.45) is 0 Å². The summed E-state index contributed by atoms with van der Waals surface area (Å²) < 4.78 is 4.93. The zero-order valence-electron chi connectivity index (χ0n) is 5.10. The van der Waals surface area contributed by atoms with Crippen LogP contribution < -0.4 is 0 Å². The van der Waals surface area contributed by atoms with Crippen LogP contribution in [0.3, 0.4) is 0 Å². The highest BCUT2D eigenvalue weighted by atomic mass is 79.9. The van der Waals surface area contributed by atoms with Crippen molar-refractivity contribution in [2.75, 3.05) is 5.33 Å². The van der Waals surface area contributed by atoms with Crippen molar-refractivity contribution in [3.8, 4) is 0 Å². The van der Waals surface area contributed by atoms with Crippen LogP contribution >= 0.6 is 15.9 Å². The second-order valence-electron chi connectivity index (χ2n) is 2.13. The molecule has 0 unspecified atom stereocenters. The van der Waals surface area contributed by atoms with E-state index in [2.05, 4.69) is 15.9 Å². The van der Waals surface area contributed by atoms with Gasteiger partial charge in [-0.25, -0.2) is 0 Å². The minimum Gasteiger partial charge on any atom is -0.462 e. The number of hydrogen-bond donors (Lipinski definition) is 0. The number of esters is 1. The van der Waals surface area contributed by atoms with Crippen LogP contribution in [0.5, 0.6) is 0 Å². The molecule has 0 radical (unpaired) electrons. The summed E-state index contributed by atoms with van der Waals surface area (Å²) in [4.78, 5) is 10.5. The Labute approximate surface area is 62.7 Å². The van der Waals surface area contributed by atoms with Crippen LogP contribution in [-0.4, -0.2) is 17.4 Å². The van der Waals surface area contributed by atoms with Crippen molar-refractivity contribution < 1.29 is 9.53 Å². The van der Waals surface area contributed by atoms with Gasteiger partial charge in [0, 0.05) is 11.8 Å². The van der Waals surface area contributed by atoms with Crippen LogP contribution in [0, 0.1) is 0 Å². The second-order valence-corrected chi connectivity index (χ2v) is 2.92. The van der Waals surface area contributed by atoms with Crippen LogP contribution in [0.2, 0.25) is 0 Å². The number of hydrogen-bond acceptors (Lipinski definition) is 2. The summed E-state index contributed by atoms with van der Waals surface area (Å²) in [6, 6.07) is 0. The van der Waals surface area contributed by atoms with Crippen molar-refractivity contribution in [3.05, 3.63) is 0 Å². The molecular weight excluding hydrogens is 184 g/mol. The Hall–Kier alpha value is -0.0500. The van der Waals surface area contributed by atoms with Crippen LogP contribution in [0.1, 0.15) is 19.3 Å². The maximum atomic E-state index is 10.5. The third-order valence-corrected chi connectivity index (χ3v) is 1.86. The molecule has 1 rings (SSSR count). The van der Waals surface area contributed by atoms with Crippen molar-refractivity contribution >= 4 is 21.9 Å². The number of cyclic esters (lactones) is 1. The van der Waals surface area contributed by atoms with Crippen molar-refractivity contribution in [3.63, 3.8) is 0 Å². The Kier molecular flexibility index (Phi) is 2.51. The molecule has 0 aromatic carbocycles. The van der Waals surface area contributed by atoms with Gasteiger partial charge in [0.05, 0.1) is 0 Å². The Morgan fingerprint density at radius 3 is 3.00 bits per heavy atom. The first-order valence-corrected chi connectivity index (χ1v) is 4.20. The lowest BCUT2D eigenvalue weighted by molar-refractivity contribution is -0.141. The van der Waals surface area contributed by atoms with Gasteiger partial charge < -0.3 is 4.74 Å². The summed E-state index contributed by atoms with van der Waals surface area (Å²) in [5, 5.41) is 0.922. The largest absolute Gasteiger partial charge is 0.462 e. The normalized spacial score (nSPS) is 26.3. The fourth-order valence-electron chi connectivity index (χ4n) is 0.908. The number of ether oxygens (including phenoxy) is 1. The summed E-state index contributed by atoms with van der Waals surface area (Å²) >= 11 is 3.29. The standard InChI is InChI=1S/C6H9BrO2/c7-4-3-5-1-2-6(8)9-5/h5H,1-4H2/t5-/m0/s1. The van der Waals surface area contributed by atoms with E-state index in [0.717, 1.165) is 18.2 Å². The van der Waals surface area contributed by atoms with E-state index in [0.29, 0.717) is 6.42 Å². The molecule has 0 spiro atoms. The van der Waals surface area contributed by atoms with Gasteiger partial charge in [0.2, 0.25) is 0 Å². The van der Waals surface area contributed by atoms with E-state index in [1.54, 1.807) is 0 Å². The highest BCUT2D eigenvalue weighted by molar-refractivity contribution is 9.09. The smallest absolute Gasteiger partial charge is 0.306 e. The van der Waals surface area contributed by atoms with E-state index < -0.39 is 0 Å². The molecule has 0 bridgehead atoms. The number of halogens is 1. The molecule has 1 atom stereocenters. The Morgan fingerprint density at radius 2 is 2.56 bits per heavy atom. The van der Waals surface area contributed by atoms with Gasteiger partial charge >= 0.3 is 5.97 Å². The predicted octanol–water partition coefficient (Wildman–Crippen LogP) is 1.48. The Balaban J connectivity index is 2.22. The lowest BCUT2D eigenvalue weighted by atomic mass is 10.2. The average Bonchev–Trinajstić information content (AvgIpc) is 2.17. The molecule has 0 saturated carbocycles. The summed E-state index contributed by atoms with van der Waals surface area (Å²) in [6.45, 7) is 0. The third-order valence-electron chi connectivity index (χ3n) is 1.40. The third kappa shape index (κ3) is 1.97. The molecule has 0 aliphatic carbocycles. The van der Waals surface area contributed by atoms with E-state index in [-0.39, 0.29) is 12.1 Å².